The van der Waals surface area contributed by atoms with Crippen molar-refractivity contribution in [2.45, 2.75) is 18.1 Å². The van der Waals surface area contributed by atoms with Crippen LogP contribution in [0.5, 0.6) is 0 Å². The van der Waals surface area contributed by atoms with E-state index in [4.69, 9.17) is 5.73 Å². The summed E-state index contributed by atoms with van der Waals surface area (Å²) in [5, 5.41) is 0. The zero-order chi connectivity index (χ0) is 13.9. The third-order valence-electron chi connectivity index (χ3n) is 2.45. The van der Waals surface area contributed by atoms with Gasteiger partial charge in [0.25, 0.3) is 0 Å². The maximum absolute atomic E-state index is 12.7. The van der Waals surface area contributed by atoms with Crippen LogP contribution in [0.15, 0.2) is 36.9 Å². The van der Waals surface area contributed by atoms with E-state index in [0.717, 1.165) is 30.3 Å². The molecule has 2 atom stereocenters. The Labute approximate surface area is 101 Å². The van der Waals surface area contributed by atoms with Crippen LogP contribution in [0.25, 0.3) is 0 Å². The van der Waals surface area contributed by atoms with E-state index in [-0.39, 0.29) is 5.56 Å². The van der Waals surface area contributed by atoms with Gasteiger partial charge in [0.15, 0.2) is 0 Å². The van der Waals surface area contributed by atoms with Crippen LogP contribution in [0.4, 0.5) is 17.6 Å². The van der Waals surface area contributed by atoms with Crippen molar-refractivity contribution < 1.29 is 22.4 Å². The predicted molar refractivity (Wildman–Crippen MR) is 58.4 cm³/mol. The molecule has 2 nitrogen and oxygen atoms in total. The molecule has 0 aliphatic rings. The van der Waals surface area contributed by atoms with E-state index in [0.29, 0.717) is 0 Å². The number of halogens is 4. The first-order valence-electron chi connectivity index (χ1n) is 5.02. The lowest BCUT2D eigenvalue weighted by molar-refractivity contribution is -0.173. The quantitative estimate of drug-likeness (QED) is 0.668. The lowest BCUT2D eigenvalue weighted by Gasteiger charge is -2.21. The smallest absolute Gasteiger partial charge is 0.324 e. The molecule has 0 radical (unpaired) electrons. The Balaban J connectivity index is 3.18. The van der Waals surface area contributed by atoms with Crippen LogP contribution < -0.4 is 5.73 Å². The highest BCUT2D eigenvalue weighted by atomic mass is 19.4. The van der Waals surface area contributed by atoms with Gasteiger partial charge in [-0.2, -0.15) is 13.2 Å². The molecule has 1 rings (SSSR count). The number of carbonyl (C=O) groups excluding carboxylic acids is 1. The number of nitrogens with two attached hydrogens (primary N) is 1. The van der Waals surface area contributed by atoms with Crippen molar-refractivity contribution in [3.8, 4) is 0 Å². The van der Waals surface area contributed by atoms with Crippen LogP contribution in [0, 0.1) is 5.82 Å². The lowest BCUT2D eigenvalue weighted by atomic mass is 9.87. The average Bonchev–Trinajstić information content (AvgIpc) is 2.30. The summed E-state index contributed by atoms with van der Waals surface area (Å²) < 4.78 is 50.1. The van der Waals surface area contributed by atoms with Crippen molar-refractivity contribution in [1.82, 2.24) is 0 Å². The second-order valence-electron chi connectivity index (χ2n) is 3.70. The molecule has 0 saturated carbocycles. The molecule has 0 spiro atoms. The molecule has 0 aliphatic heterocycles. The standard InChI is InChI=1S/C12H11F4NO/c1-2-9(17)10(11(18)12(14,15)16)7-3-5-8(13)6-4-7/h2-6,9-10H,1,17H2/t9-,10?/m0/s1. The van der Waals surface area contributed by atoms with Crippen LogP contribution in [-0.4, -0.2) is 18.0 Å². The van der Waals surface area contributed by atoms with Crippen LogP contribution in [0.3, 0.4) is 0 Å². The van der Waals surface area contributed by atoms with E-state index >= 15 is 0 Å². The van der Waals surface area contributed by atoms with E-state index < -0.39 is 29.7 Å². The van der Waals surface area contributed by atoms with E-state index in [9.17, 15) is 22.4 Å². The van der Waals surface area contributed by atoms with E-state index in [1.165, 1.54) is 0 Å². The van der Waals surface area contributed by atoms with Crippen LogP contribution >= 0.6 is 0 Å². The van der Waals surface area contributed by atoms with Crippen LogP contribution in [-0.2, 0) is 4.79 Å². The van der Waals surface area contributed by atoms with Crippen molar-refractivity contribution in [1.29, 1.82) is 0 Å². The minimum Gasteiger partial charge on any atom is -0.324 e. The topological polar surface area (TPSA) is 43.1 Å². The van der Waals surface area contributed by atoms with Crippen molar-refractivity contribution >= 4 is 5.78 Å². The Hall–Kier alpha value is -1.69. The molecule has 1 unspecified atom stereocenters. The van der Waals surface area contributed by atoms with Crippen molar-refractivity contribution in [2.75, 3.05) is 0 Å². The predicted octanol–water partition coefficient (Wildman–Crippen LogP) is 2.55. The minimum absolute atomic E-state index is 0.00567. The van der Waals surface area contributed by atoms with E-state index in [2.05, 4.69) is 6.58 Å². The highest BCUT2D eigenvalue weighted by molar-refractivity contribution is 5.91. The van der Waals surface area contributed by atoms with Gasteiger partial charge in [-0.15, -0.1) is 6.58 Å². The summed E-state index contributed by atoms with van der Waals surface area (Å²) in [5.74, 6) is -4.19. The van der Waals surface area contributed by atoms with Gasteiger partial charge < -0.3 is 5.73 Å². The average molecular weight is 261 g/mol. The summed E-state index contributed by atoms with van der Waals surface area (Å²) in [7, 11) is 0. The number of ketones is 1. The first-order chi connectivity index (χ1) is 8.27. The van der Waals surface area contributed by atoms with Crippen molar-refractivity contribution in [2.24, 2.45) is 5.73 Å². The number of rotatable bonds is 4. The fraction of sp³-hybridized carbons (Fsp3) is 0.250. The molecule has 6 heteroatoms. The van der Waals surface area contributed by atoms with Gasteiger partial charge in [-0.25, -0.2) is 4.39 Å². The van der Waals surface area contributed by atoms with Crippen molar-refractivity contribution in [3.63, 3.8) is 0 Å². The fourth-order valence-electron chi connectivity index (χ4n) is 1.53. The molecular weight excluding hydrogens is 250 g/mol. The number of carbonyl (C=O) groups is 1. The number of hydrogen-bond acceptors (Lipinski definition) is 2. The maximum atomic E-state index is 12.7. The molecule has 0 amide bonds. The summed E-state index contributed by atoms with van der Waals surface area (Å²) >= 11 is 0. The molecule has 98 valence electrons. The molecule has 2 N–H and O–H groups in total. The largest absolute Gasteiger partial charge is 0.450 e. The van der Waals surface area contributed by atoms with Gasteiger partial charge >= 0.3 is 6.18 Å². The van der Waals surface area contributed by atoms with Gasteiger partial charge in [0.05, 0.1) is 5.92 Å². The molecule has 1 aromatic carbocycles. The zero-order valence-corrected chi connectivity index (χ0v) is 9.25. The Kier molecular flexibility index (Phi) is 4.24. The summed E-state index contributed by atoms with van der Waals surface area (Å²) in [6.45, 7) is 3.27. The van der Waals surface area contributed by atoms with Crippen molar-refractivity contribution in [3.05, 3.63) is 48.3 Å². The molecule has 0 bridgehead atoms. The first-order valence-corrected chi connectivity index (χ1v) is 5.02. The summed E-state index contributed by atoms with van der Waals surface area (Å²) in [5.41, 5.74) is 5.46. The minimum atomic E-state index is -5.00. The molecule has 0 heterocycles. The normalized spacial score (nSPS) is 14.9. The zero-order valence-electron chi connectivity index (χ0n) is 9.25. The van der Waals surface area contributed by atoms with Crippen LogP contribution in [0.1, 0.15) is 11.5 Å². The van der Waals surface area contributed by atoms with Gasteiger partial charge in [0.1, 0.15) is 5.82 Å². The third kappa shape index (κ3) is 3.16. The Morgan fingerprint density at radius 3 is 2.17 bits per heavy atom. The van der Waals surface area contributed by atoms with E-state index in [1.54, 1.807) is 0 Å². The number of benzene rings is 1. The lowest BCUT2D eigenvalue weighted by Crippen LogP contribution is -2.39. The van der Waals surface area contributed by atoms with E-state index in [1.807, 2.05) is 0 Å². The monoisotopic (exact) mass is 261 g/mol. The maximum Gasteiger partial charge on any atom is 0.450 e. The molecule has 18 heavy (non-hydrogen) atoms. The summed E-state index contributed by atoms with van der Waals surface area (Å²) in [6.07, 6.45) is -3.95. The van der Waals surface area contributed by atoms with Gasteiger partial charge in [0, 0.05) is 6.04 Å². The third-order valence-corrected chi connectivity index (χ3v) is 2.45. The highest BCUT2D eigenvalue weighted by Crippen LogP contribution is 2.30. The van der Waals surface area contributed by atoms with Gasteiger partial charge in [-0.05, 0) is 17.7 Å². The molecule has 1 aromatic rings. The second kappa shape index (κ2) is 5.30. The first kappa shape index (κ1) is 14.4. The molecule has 0 saturated heterocycles. The highest BCUT2D eigenvalue weighted by Gasteiger charge is 2.45. The Bertz CT molecular complexity index is 438. The SMILES string of the molecule is C=C[C@H](N)C(C(=O)C(F)(F)F)c1ccc(F)cc1. The Morgan fingerprint density at radius 2 is 1.78 bits per heavy atom. The second-order valence-corrected chi connectivity index (χ2v) is 3.70. The summed E-state index contributed by atoms with van der Waals surface area (Å²) in [4.78, 5) is 11.3. The molecule has 0 aromatic heterocycles. The molecule has 0 fully saturated rings. The van der Waals surface area contributed by atoms with Crippen LogP contribution in [0.2, 0.25) is 0 Å². The molecule has 0 aliphatic carbocycles. The number of alkyl halides is 3. The summed E-state index contributed by atoms with van der Waals surface area (Å²) in [6, 6.07) is 2.97. The number of Topliss-reactive ketones (excluding diaryl/α,β-unsaturated/α-hetero) is 1. The fourth-order valence-corrected chi connectivity index (χ4v) is 1.53. The Morgan fingerprint density at radius 1 is 1.28 bits per heavy atom. The van der Waals surface area contributed by atoms with Gasteiger partial charge in [-0.3, -0.25) is 4.79 Å². The number of hydrogen-bond donors (Lipinski definition) is 1. The van der Waals surface area contributed by atoms with Gasteiger partial charge in [-0.1, -0.05) is 18.2 Å². The van der Waals surface area contributed by atoms with Gasteiger partial charge in [0.2, 0.25) is 5.78 Å². The molecular formula is C12H11F4NO.